The monoisotopic (exact) mass is 194 g/mol. The SMILES string of the molecule is Nc1nncn1NC(=O)c1cn[nH]n1. The number of amides is 1. The summed E-state index contributed by atoms with van der Waals surface area (Å²) in [6.45, 7) is 0. The average molecular weight is 194 g/mol. The van der Waals surface area contributed by atoms with Crippen molar-refractivity contribution in [2.45, 2.75) is 0 Å². The minimum Gasteiger partial charge on any atom is -0.366 e. The molecular weight excluding hydrogens is 188 g/mol. The summed E-state index contributed by atoms with van der Waals surface area (Å²) >= 11 is 0. The standard InChI is InChI=1S/C5H6N8O/c6-5-10-8-2-13(5)11-4(14)3-1-7-12-9-3/h1-2H,(H2,6,10)(H,11,14)(H,7,9,12). The predicted molar refractivity (Wildman–Crippen MR) is 44.5 cm³/mol. The summed E-state index contributed by atoms with van der Waals surface area (Å²) in [4.78, 5) is 11.4. The molecule has 2 heterocycles. The lowest BCUT2D eigenvalue weighted by Gasteiger charge is -2.02. The van der Waals surface area contributed by atoms with E-state index in [0.717, 1.165) is 0 Å². The van der Waals surface area contributed by atoms with Crippen LogP contribution in [0, 0.1) is 0 Å². The zero-order chi connectivity index (χ0) is 9.97. The van der Waals surface area contributed by atoms with Crippen LogP contribution in [0.2, 0.25) is 0 Å². The second kappa shape index (κ2) is 3.12. The van der Waals surface area contributed by atoms with E-state index in [4.69, 9.17) is 5.73 Å². The first-order valence-electron chi connectivity index (χ1n) is 3.60. The Bertz CT molecular complexity index is 430. The summed E-state index contributed by atoms with van der Waals surface area (Å²) in [6, 6.07) is 0. The van der Waals surface area contributed by atoms with Crippen molar-refractivity contribution in [1.82, 2.24) is 30.3 Å². The van der Waals surface area contributed by atoms with E-state index in [1.165, 1.54) is 17.2 Å². The molecule has 0 bridgehead atoms. The third-order valence-corrected chi connectivity index (χ3v) is 1.44. The fourth-order valence-electron chi connectivity index (χ4n) is 0.808. The second-order valence-corrected chi connectivity index (χ2v) is 2.36. The van der Waals surface area contributed by atoms with Crippen LogP contribution in [0.4, 0.5) is 5.95 Å². The fourth-order valence-corrected chi connectivity index (χ4v) is 0.808. The van der Waals surface area contributed by atoms with E-state index in [1.54, 1.807) is 0 Å². The molecule has 1 amide bonds. The van der Waals surface area contributed by atoms with Gasteiger partial charge in [0.25, 0.3) is 5.91 Å². The highest BCUT2D eigenvalue weighted by molar-refractivity contribution is 5.98. The number of aromatic amines is 1. The number of aromatic nitrogens is 6. The number of carbonyl (C=O) groups is 1. The van der Waals surface area contributed by atoms with E-state index in [0.29, 0.717) is 0 Å². The molecule has 0 saturated carbocycles. The van der Waals surface area contributed by atoms with Crippen molar-refractivity contribution in [3.8, 4) is 0 Å². The molecule has 72 valence electrons. The number of nitrogen functional groups attached to an aromatic ring is 1. The van der Waals surface area contributed by atoms with Crippen molar-refractivity contribution < 1.29 is 4.79 Å². The molecule has 0 unspecified atom stereocenters. The molecule has 2 rings (SSSR count). The van der Waals surface area contributed by atoms with Crippen LogP contribution in [0.1, 0.15) is 10.5 Å². The first kappa shape index (κ1) is 8.16. The van der Waals surface area contributed by atoms with E-state index in [1.807, 2.05) is 0 Å². The molecule has 0 aliphatic heterocycles. The van der Waals surface area contributed by atoms with Gasteiger partial charge in [-0.25, -0.2) is 4.68 Å². The van der Waals surface area contributed by atoms with Gasteiger partial charge in [-0.3, -0.25) is 10.2 Å². The van der Waals surface area contributed by atoms with E-state index in [-0.39, 0.29) is 11.6 Å². The van der Waals surface area contributed by atoms with Crippen LogP contribution in [-0.2, 0) is 0 Å². The highest BCUT2D eigenvalue weighted by Gasteiger charge is 2.09. The van der Waals surface area contributed by atoms with Crippen molar-refractivity contribution in [1.29, 1.82) is 0 Å². The van der Waals surface area contributed by atoms with E-state index in [2.05, 4.69) is 31.0 Å². The highest BCUT2D eigenvalue weighted by Crippen LogP contribution is 1.94. The third-order valence-electron chi connectivity index (χ3n) is 1.44. The molecule has 2 aromatic rings. The van der Waals surface area contributed by atoms with Gasteiger partial charge in [-0.2, -0.15) is 15.4 Å². The van der Waals surface area contributed by atoms with Crippen LogP contribution in [0.15, 0.2) is 12.5 Å². The van der Waals surface area contributed by atoms with E-state index < -0.39 is 5.91 Å². The summed E-state index contributed by atoms with van der Waals surface area (Å²) in [7, 11) is 0. The van der Waals surface area contributed by atoms with Crippen molar-refractivity contribution in [3.05, 3.63) is 18.2 Å². The van der Waals surface area contributed by atoms with Crippen LogP contribution in [-0.4, -0.2) is 36.2 Å². The minimum absolute atomic E-state index is 0.0850. The number of hydrogen-bond acceptors (Lipinski definition) is 6. The van der Waals surface area contributed by atoms with Gasteiger partial charge >= 0.3 is 0 Å². The molecule has 9 heteroatoms. The smallest absolute Gasteiger partial charge is 0.292 e. The number of nitrogens with zero attached hydrogens (tertiary/aromatic N) is 5. The Morgan fingerprint density at radius 2 is 2.50 bits per heavy atom. The summed E-state index contributed by atoms with van der Waals surface area (Å²) in [5, 5.41) is 16.4. The predicted octanol–water partition coefficient (Wildman–Crippen LogP) is -1.64. The Labute approximate surface area is 77.3 Å². The fraction of sp³-hybridized carbons (Fsp3) is 0. The molecule has 0 spiro atoms. The van der Waals surface area contributed by atoms with Gasteiger partial charge in [-0.1, -0.05) is 0 Å². The van der Waals surface area contributed by atoms with Gasteiger partial charge < -0.3 is 5.73 Å². The second-order valence-electron chi connectivity index (χ2n) is 2.36. The molecule has 2 aromatic heterocycles. The molecule has 0 atom stereocenters. The lowest BCUT2D eigenvalue weighted by Crippen LogP contribution is -2.23. The highest BCUT2D eigenvalue weighted by atomic mass is 16.2. The van der Waals surface area contributed by atoms with Gasteiger partial charge in [0.2, 0.25) is 5.95 Å². The normalized spacial score (nSPS) is 10.0. The topological polar surface area (TPSA) is 127 Å². The molecular formula is C5H6N8O. The Morgan fingerprint density at radius 3 is 3.07 bits per heavy atom. The largest absolute Gasteiger partial charge is 0.366 e. The summed E-state index contributed by atoms with van der Waals surface area (Å²) in [6.07, 6.45) is 2.56. The van der Waals surface area contributed by atoms with Crippen molar-refractivity contribution in [2.24, 2.45) is 0 Å². The molecule has 0 aromatic carbocycles. The van der Waals surface area contributed by atoms with Gasteiger partial charge in [-0.05, 0) is 0 Å². The average Bonchev–Trinajstić information content (AvgIpc) is 2.77. The molecule has 0 fully saturated rings. The lowest BCUT2D eigenvalue weighted by atomic mass is 10.5. The number of H-pyrrole nitrogens is 1. The summed E-state index contributed by atoms with van der Waals surface area (Å²) < 4.78 is 1.18. The van der Waals surface area contributed by atoms with Crippen molar-refractivity contribution in [3.63, 3.8) is 0 Å². The van der Waals surface area contributed by atoms with Gasteiger partial charge in [0.05, 0.1) is 6.20 Å². The molecule has 4 N–H and O–H groups in total. The van der Waals surface area contributed by atoms with Crippen molar-refractivity contribution in [2.75, 3.05) is 11.2 Å². The van der Waals surface area contributed by atoms with Crippen LogP contribution in [0.25, 0.3) is 0 Å². The van der Waals surface area contributed by atoms with Crippen LogP contribution in [0.5, 0.6) is 0 Å². The van der Waals surface area contributed by atoms with Gasteiger partial charge in [0.15, 0.2) is 5.69 Å². The Balaban J connectivity index is 2.13. The van der Waals surface area contributed by atoms with E-state index in [9.17, 15) is 4.79 Å². The minimum atomic E-state index is -0.453. The molecule has 0 aliphatic rings. The van der Waals surface area contributed by atoms with Crippen LogP contribution >= 0.6 is 0 Å². The maximum Gasteiger partial charge on any atom is 0.292 e. The van der Waals surface area contributed by atoms with Gasteiger partial charge in [0, 0.05) is 0 Å². The number of nitrogens with two attached hydrogens (primary N) is 1. The number of rotatable bonds is 2. The first-order valence-corrected chi connectivity index (χ1v) is 3.60. The number of anilines is 1. The van der Waals surface area contributed by atoms with Crippen molar-refractivity contribution >= 4 is 11.9 Å². The Hall–Kier alpha value is -2.45. The van der Waals surface area contributed by atoms with Gasteiger partial charge in [0.1, 0.15) is 6.33 Å². The Kier molecular flexibility index (Phi) is 1.82. The summed E-state index contributed by atoms with van der Waals surface area (Å²) in [5.41, 5.74) is 7.92. The molecule has 9 nitrogen and oxygen atoms in total. The summed E-state index contributed by atoms with van der Waals surface area (Å²) in [5.74, 6) is -0.368. The molecule has 0 saturated heterocycles. The molecule has 0 radical (unpaired) electrons. The maximum atomic E-state index is 11.4. The molecule has 14 heavy (non-hydrogen) atoms. The van der Waals surface area contributed by atoms with E-state index >= 15 is 0 Å². The number of nitrogens with one attached hydrogen (secondary N) is 2. The quantitative estimate of drug-likeness (QED) is 0.526. The zero-order valence-corrected chi connectivity index (χ0v) is 6.88. The van der Waals surface area contributed by atoms with Crippen LogP contribution < -0.4 is 11.2 Å². The van der Waals surface area contributed by atoms with Crippen LogP contribution in [0.3, 0.4) is 0 Å². The maximum absolute atomic E-state index is 11.4. The first-order chi connectivity index (χ1) is 6.77. The molecule has 0 aliphatic carbocycles. The van der Waals surface area contributed by atoms with Gasteiger partial charge in [-0.15, -0.1) is 10.2 Å². The number of carbonyl (C=O) groups excluding carboxylic acids is 1. The third kappa shape index (κ3) is 1.37. The zero-order valence-electron chi connectivity index (χ0n) is 6.88. The number of hydrogen-bond donors (Lipinski definition) is 3. The Morgan fingerprint density at radius 1 is 1.64 bits per heavy atom. The lowest BCUT2D eigenvalue weighted by molar-refractivity contribution is 0.100.